The zero-order chi connectivity index (χ0) is 19.5. The van der Waals surface area contributed by atoms with Gasteiger partial charge in [0.15, 0.2) is 0 Å². The maximum absolute atomic E-state index is 12.2. The molecule has 1 aliphatic heterocycles. The van der Waals surface area contributed by atoms with Crippen LogP contribution in [0.1, 0.15) is 28.4 Å². The highest BCUT2D eigenvalue weighted by atomic mass is 16.6. The molecule has 0 amide bonds. The Morgan fingerprint density at radius 2 is 1.68 bits per heavy atom. The summed E-state index contributed by atoms with van der Waals surface area (Å²) in [5.41, 5.74) is 1.35. The van der Waals surface area contributed by atoms with E-state index in [0.29, 0.717) is 5.56 Å². The van der Waals surface area contributed by atoms with Gasteiger partial charge in [-0.05, 0) is 34.5 Å². The van der Waals surface area contributed by atoms with E-state index in [4.69, 9.17) is 9.47 Å². The third-order valence-electron chi connectivity index (χ3n) is 5.10. The number of hydrogen-bond donors (Lipinski definition) is 2. The summed E-state index contributed by atoms with van der Waals surface area (Å²) in [6, 6.07) is 22.6. The molecule has 4 rings (SSSR count). The lowest BCUT2D eigenvalue weighted by Gasteiger charge is -2.37. The molecular weight excluding hydrogens is 356 g/mol. The average Bonchev–Trinajstić information content (AvgIpc) is 2.74. The second-order valence-corrected chi connectivity index (χ2v) is 7.03. The van der Waals surface area contributed by atoms with E-state index in [1.807, 2.05) is 48.5 Å². The van der Waals surface area contributed by atoms with Crippen molar-refractivity contribution in [2.75, 3.05) is 6.61 Å². The number of carbonyl (C=O) groups is 1. The number of fused-ring (bicyclic) bond motifs is 1. The summed E-state index contributed by atoms with van der Waals surface area (Å²) >= 11 is 0. The van der Waals surface area contributed by atoms with Gasteiger partial charge in [0.2, 0.25) is 0 Å². The molecule has 1 saturated heterocycles. The first-order valence-corrected chi connectivity index (χ1v) is 9.34. The Bertz CT molecular complexity index is 955. The van der Waals surface area contributed by atoms with Gasteiger partial charge in [-0.25, -0.2) is 4.79 Å². The van der Waals surface area contributed by atoms with Gasteiger partial charge in [-0.1, -0.05) is 54.6 Å². The fraction of sp³-hybridized carbons (Fsp3) is 0.261. The normalized spacial score (nSPS) is 24.8. The highest BCUT2D eigenvalue weighted by molar-refractivity contribution is 5.89. The monoisotopic (exact) mass is 378 g/mol. The lowest BCUT2D eigenvalue weighted by molar-refractivity contribution is -0.182. The van der Waals surface area contributed by atoms with E-state index in [1.165, 1.54) is 0 Å². The molecule has 0 unspecified atom stereocenters. The molecule has 5 nitrogen and oxygen atoms in total. The van der Waals surface area contributed by atoms with Crippen LogP contribution in [0, 0.1) is 0 Å². The Kier molecular flexibility index (Phi) is 5.39. The van der Waals surface area contributed by atoms with Gasteiger partial charge in [0.25, 0.3) is 0 Å². The van der Waals surface area contributed by atoms with Crippen LogP contribution in [0.2, 0.25) is 0 Å². The number of ether oxygens (including phenoxy) is 2. The van der Waals surface area contributed by atoms with Gasteiger partial charge < -0.3 is 19.7 Å². The predicted octanol–water partition coefficient (Wildman–Crippen LogP) is 3.25. The van der Waals surface area contributed by atoms with Crippen LogP contribution >= 0.6 is 0 Å². The molecule has 0 spiro atoms. The maximum Gasteiger partial charge on any atom is 0.338 e. The van der Waals surface area contributed by atoms with Crippen LogP contribution in [-0.4, -0.2) is 41.1 Å². The Balaban J connectivity index is 1.47. The van der Waals surface area contributed by atoms with Crippen molar-refractivity contribution in [3.8, 4) is 0 Å². The highest BCUT2D eigenvalue weighted by Crippen LogP contribution is 2.33. The molecular formula is C23H22O5. The van der Waals surface area contributed by atoms with Gasteiger partial charge in [0.1, 0.15) is 18.8 Å². The SMILES string of the molecule is O=C(OC[C@H]1O[C@@H](c2ccc3ccccc3c2)C[C@@H](O)[C@@H]1O)c1ccccc1. The van der Waals surface area contributed by atoms with Crippen molar-refractivity contribution in [3.63, 3.8) is 0 Å². The molecule has 1 heterocycles. The molecule has 1 fully saturated rings. The smallest absolute Gasteiger partial charge is 0.338 e. The topological polar surface area (TPSA) is 76.0 Å². The van der Waals surface area contributed by atoms with Crippen LogP contribution in [0.5, 0.6) is 0 Å². The standard InChI is InChI=1S/C23H22O5/c24-19-13-20(18-11-10-15-6-4-5-9-17(15)12-18)28-21(22(19)25)14-27-23(26)16-7-2-1-3-8-16/h1-12,19-22,24-25H,13-14H2/t19-,20-,21-,22+/m1/s1. The van der Waals surface area contributed by atoms with E-state index >= 15 is 0 Å². The molecule has 5 heteroatoms. The van der Waals surface area contributed by atoms with E-state index in [2.05, 4.69) is 0 Å². The van der Waals surface area contributed by atoms with Gasteiger partial charge in [0, 0.05) is 6.42 Å². The number of benzene rings is 3. The molecule has 28 heavy (non-hydrogen) atoms. The highest BCUT2D eigenvalue weighted by Gasteiger charge is 2.38. The lowest BCUT2D eigenvalue weighted by atomic mass is 9.93. The molecule has 0 bridgehead atoms. The number of carbonyl (C=O) groups excluding carboxylic acids is 1. The number of aliphatic hydroxyl groups excluding tert-OH is 2. The summed E-state index contributed by atoms with van der Waals surface area (Å²) in [6.45, 7) is -0.129. The van der Waals surface area contributed by atoms with Crippen molar-refractivity contribution in [3.05, 3.63) is 83.9 Å². The van der Waals surface area contributed by atoms with Gasteiger partial charge in [-0.2, -0.15) is 0 Å². The van der Waals surface area contributed by atoms with Crippen molar-refractivity contribution < 1.29 is 24.5 Å². The molecule has 2 N–H and O–H groups in total. The first-order valence-electron chi connectivity index (χ1n) is 9.34. The van der Waals surface area contributed by atoms with Crippen molar-refractivity contribution in [1.29, 1.82) is 0 Å². The lowest BCUT2D eigenvalue weighted by Crippen LogP contribution is -2.48. The fourth-order valence-electron chi connectivity index (χ4n) is 3.53. The predicted molar refractivity (Wildman–Crippen MR) is 105 cm³/mol. The second-order valence-electron chi connectivity index (χ2n) is 7.03. The largest absolute Gasteiger partial charge is 0.459 e. The van der Waals surface area contributed by atoms with Crippen LogP contribution in [0.4, 0.5) is 0 Å². The van der Waals surface area contributed by atoms with Gasteiger partial charge in [-0.3, -0.25) is 0 Å². The third-order valence-corrected chi connectivity index (χ3v) is 5.10. The number of aliphatic hydroxyl groups is 2. The van der Waals surface area contributed by atoms with Crippen LogP contribution in [0.25, 0.3) is 10.8 Å². The summed E-state index contributed by atoms with van der Waals surface area (Å²) in [6.07, 6.45) is -2.97. The van der Waals surface area contributed by atoms with E-state index in [-0.39, 0.29) is 19.1 Å². The minimum atomic E-state index is -1.11. The second kappa shape index (κ2) is 8.10. The molecule has 0 radical (unpaired) electrons. The van der Waals surface area contributed by atoms with Gasteiger partial charge in [0.05, 0.1) is 17.8 Å². The average molecular weight is 378 g/mol. The Morgan fingerprint density at radius 3 is 2.46 bits per heavy atom. The van der Waals surface area contributed by atoms with Crippen LogP contribution in [0.15, 0.2) is 72.8 Å². The fourth-order valence-corrected chi connectivity index (χ4v) is 3.53. The summed E-state index contributed by atoms with van der Waals surface area (Å²) < 4.78 is 11.3. The Labute approximate surface area is 163 Å². The van der Waals surface area contributed by atoms with Crippen LogP contribution < -0.4 is 0 Å². The van der Waals surface area contributed by atoms with E-state index in [9.17, 15) is 15.0 Å². The molecule has 3 aromatic carbocycles. The molecule has 0 saturated carbocycles. The van der Waals surface area contributed by atoms with Gasteiger partial charge in [-0.15, -0.1) is 0 Å². The number of esters is 1. The van der Waals surface area contributed by atoms with Crippen molar-refractivity contribution >= 4 is 16.7 Å². The Hall–Kier alpha value is -2.73. The van der Waals surface area contributed by atoms with E-state index < -0.39 is 24.3 Å². The minimum absolute atomic E-state index is 0.129. The zero-order valence-corrected chi connectivity index (χ0v) is 15.3. The first kappa shape index (κ1) is 18.6. The summed E-state index contributed by atoms with van der Waals surface area (Å²) in [7, 11) is 0. The van der Waals surface area contributed by atoms with Crippen molar-refractivity contribution in [1.82, 2.24) is 0 Å². The van der Waals surface area contributed by atoms with Crippen LogP contribution in [-0.2, 0) is 9.47 Å². The number of rotatable bonds is 4. The van der Waals surface area contributed by atoms with E-state index in [0.717, 1.165) is 16.3 Å². The molecule has 0 aromatic heterocycles. The minimum Gasteiger partial charge on any atom is -0.459 e. The van der Waals surface area contributed by atoms with Crippen molar-refractivity contribution in [2.45, 2.75) is 30.8 Å². The van der Waals surface area contributed by atoms with Crippen molar-refractivity contribution in [2.24, 2.45) is 0 Å². The number of hydrogen-bond acceptors (Lipinski definition) is 5. The van der Waals surface area contributed by atoms with E-state index in [1.54, 1.807) is 24.3 Å². The molecule has 0 aliphatic carbocycles. The first-order chi connectivity index (χ1) is 13.6. The summed E-state index contributed by atoms with van der Waals surface area (Å²) in [4.78, 5) is 12.2. The summed E-state index contributed by atoms with van der Waals surface area (Å²) in [5.74, 6) is -0.487. The molecule has 144 valence electrons. The maximum atomic E-state index is 12.2. The molecule has 1 aliphatic rings. The third kappa shape index (κ3) is 3.92. The van der Waals surface area contributed by atoms with Gasteiger partial charge >= 0.3 is 5.97 Å². The molecule has 4 atom stereocenters. The zero-order valence-electron chi connectivity index (χ0n) is 15.3. The Morgan fingerprint density at radius 1 is 0.964 bits per heavy atom. The molecule has 3 aromatic rings. The van der Waals surface area contributed by atoms with Crippen LogP contribution in [0.3, 0.4) is 0 Å². The quantitative estimate of drug-likeness (QED) is 0.682. The summed E-state index contributed by atoms with van der Waals surface area (Å²) in [5, 5.41) is 22.8.